The van der Waals surface area contributed by atoms with E-state index in [1.807, 2.05) is 56.3 Å². The van der Waals surface area contributed by atoms with Gasteiger partial charge in [-0.25, -0.2) is 0 Å². The van der Waals surface area contributed by atoms with Crippen molar-refractivity contribution in [2.45, 2.75) is 20.3 Å². The molecule has 0 amide bonds. The van der Waals surface area contributed by atoms with Crippen LogP contribution < -0.4 is 4.74 Å². The van der Waals surface area contributed by atoms with Crippen molar-refractivity contribution in [2.24, 2.45) is 5.92 Å². The van der Waals surface area contributed by atoms with E-state index in [4.69, 9.17) is 4.74 Å². The van der Waals surface area contributed by atoms with Gasteiger partial charge in [0.2, 0.25) is 0 Å². The van der Waals surface area contributed by atoms with Crippen molar-refractivity contribution in [2.75, 3.05) is 7.11 Å². The summed E-state index contributed by atoms with van der Waals surface area (Å²) in [5.74, 6) is 0.963. The summed E-state index contributed by atoms with van der Waals surface area (Å²) >= 11 is 0. The summed E-state index contributed by atoms with van der Waals surface area (Å²) in [6, 6.07) is 15.5. The first-order chi connectivity index (χ1) is 9.61. The molecule has 2 aromatic rings. The van der Waals surface area contributed by atoms with Crippen LogP contribution >= 0.6 is 0 Å². The molecule has 0 N–H and O–H groups in total. The fraction of sp³-hybridized carbons (Fsp3) is 0.278. The van der Waals surface area contributed by atoms with E-state index in [0.717, 1.165) is 16.9 Å². The molecular weight excluding hydrogens is 248 g/mol. The number of hydrogen-bond donors (Lipinski definition) is 0. The van der Waals surface area contributed by atoms with Crippen LogP contribution in [0.1, 0.15) is 28.4 Å². The molecule has 20 heavy (non-hydrogen) atoms. The van der Waals surface area contributed by atoms with E-state index in [2.05, 4.69) is 6.07 Å². The van der Waals surface area contributed by atoms with Crippen molar-refractivity contribution >= 4 is 5.78 Å². The zero-order chi connectivity index (χ0) is 14.5. The van der Waals surface area contributed by atoms with E-state index in [-0.39, 0.29) is 11.7 Å². The minimum absolute atomic E-state index is 0.0619. The number of methoxy groups -OCH3 is 1. The van der Waals surface area contributed by atoms with Crippen LogP contribution in [0.4, 0.5) is 0 Å². The summed E-state index contributed by atoms with van der Waals surface area (Å²) in [5.41, 5.74) is 3.04. The van der Waals surface area contributed by atoms with Gasteiger partial charge >= 0.3 is 0 Å². The zero-order valence-electron chi connectivity index (χ0n) is 12.2. The number of carbonyl (C=O) groups is 1. The van der Waals surface area contributed by atoms with Crippen LogP contribution in [0.5, 0.6) is 5.75 Å². The fourth-order valence-electron chi connectivity index (χ4n) is 2.38. The summed E-state index contributed by atoms with van der Waals surface area (Å²) in [7, 11) is 1.66. The molecule has 0 saturated carbocycles. The molecule has 0 fully saturated rings. The Morgan fingerprint density at radius 1 is 1.15 bits per heavy atom. The maximum absolute atomic E-state index is 12.4. The Morgan fingerprint density at radius 2 is 1.85 bits per heavy atom. The van der Waals surface area contributed by atoms with Gasteiger partial charge in [-0.1, -0.05) is 55.0 Å². The summed E-state index contributed by atoms with van der Waals surface area (Å²) in [5, 5.41) is 0. The van der Waals surface area contributed by atoms with Crippen molar-refractivity contribution in [3.05, 3.63) is 65.2 Å². The topological polar surface area (TPSA) is 26.3 Å². The van der Waals surface area contributed by atoms with E-state index in [9.17, 15) is 4.79 Å². The minimum Gasteiger partial charge on any atom is -0.496 e. The van der Waals surface area contributed by atoms with Crippen LogP contribution in [0.15, 0.2) is 48.5 Å². The van der Waals surface area contributed by atoms with Crippen molar-refractivity contribution < 1.29 is 9.53 Å². The van der Waals surface area contributed by atoms with Gasteiger partial charge in [0.15, 0.2) is 5.78 Å². The highest BCUT2D eigenvalue weighted by atomic mass is 16.5. The van der Waals surface area contributed by atoms with Crippen LogP contribution in [-0.4, -0.2) is 12.9 Å². The van der Waals surface area contributed by atoms with E-state index >= 15 is 0 Å². The van der Waals surface area contributed by atoms with Crippen LogP contribution in [0.3, 0.4) is 0 Å². The highest BCUT2D eigenvalue weighted by Gasteiger charge is 2.17. The molecule has 1 unspecified atom stereocenters. The van der Waals surface area contributed by atoms with E-state index < -0.39 is 0 Å². The lowest BCUT2D eigenvalue weighted by atomic mass is 9.92. The van der Waals surface area contributed by atoms with Gasteiger partial charge in [0.25, 0.3) is 0 Å². The van der Waals surface area contributed by atoms with E-state index in [1.165, 1.54) is 5.56 Å². The Balaban J connectivity index is 2.17. The lowest BCUT2D eigenvalue weighted by Crippen LogP contribution is -2.14. The average molecular weight is 268 g/mol. The van der Waals surface area contributed by atoms with Gasteiger partial charge in [-0.2, -0.15) is 0 Å². The molecular formula is C18H20O2. The fourth-order valence-corrected chi connectivity index (χ4v) is 2.38. The van der Waals surface area contributed by atoms with Crippen molar-refractivity contribution in [3.8, 4) is 5.75 Å². The molecule has 2 heteroatoms. The molecule has 0 heterocycles. The maximum atomic E-state index is 12.4. The molecule has 0 aliphatic carbocycles. The van der Waals surface area contributed by atoms with E-state index in [0.29, 0.717) is 6.42 Å². The molecule has 0 aliphatic heterocycles. The van der Waals surface area contributed by atoms with E-state index in [1.54, 1.807) is 7.11 Å². The lowest BCUT2D eigenvalue weighted by Gasteiger charge is -2.14. The highest BCUT2D eigenvalue weighted by Crippen LogP contribution is 2.24. The molecule has 2 nitrogen and oxygen atoms in total. The van der Waals surface area contributed by atoms with Gasteiger partial charge in [0.05, 0.1) is 7.11 Å². The predicted molar refractivity (Wildman–Crippen MR) is 81.4 cm³/mol. The second-order valence-corrected chi connectivity index (χ2v) is 5.15. The molecule has 0 saturated heterocycles. The molecule has 0 aliphatic rings. The summed E-state index contributed by atoms with van der Waals surface area (Å²) in [4.78, 5) is 12.4. The van der Waals surface area contributed by atoms with Gasteiger partial charge in [-0.15, -0.1) is 0 Å². The number of aryl methyl sites for hydroxylation is 1. The summed E-state index contributed by atoms with van der Waals surface area (Å²) < 4.78 is 5.38. The molecule has 0 radical (unpaired) electrons. The number of Topliss-reactive ketones (excluding diaryl/α,β-unsaturated/α-hetero) is 1. The predicted octanol–water partition coefficient (Wildman–Crippen LogP) is 4.07. The second-order valence-electron chi connectivity index (χ2n) is 5.15. The number of benzene rings is 2. The third kappa shape index (κ3) is 3.27. The Labute approximate surface area is 120 Å². The molecule has 2 rings (SSSR count). The quantitative estimate of drug-likeness (QED) is 0.764. The third-order valence-corrected chi connectivity index (χ3v) is 3.47. The molecule has 0 aromatic heterocycles. The van der Waals surface area contributed by atoms with Crippen LogP contribution in [0.25, 0.3) is 0 Å². The van der Waals surface area contributed by atoms with Crippen molar-refractivity contribution in [3.63, 3.8) is 0 Å². The number of hydrogen-bond acceptors (Lipinski definition) is 2. The van der Waals surface area contributed by atoms with Crippen LogP contribution in [0, 0.1) is 12.8 Å². The monoisotopic (exact) mass is 268 g/mol. The Bertz CT molecular complexity index is 588. The van der Waals surface area contributed by atoms with Gasteiger partial charge in [-0.3, -0.25) is 4.79 Å². The number of rotatable bonds is 5. The molecule has 1 atom stereocenters. The second kappa shape index (κ2) is 6.38. The Morgan fingerprint density at radius 3 is 2.50 bits per heavy atom. The maximum Gasteiger partial charge on any atom is 0.165 e. The van der Waals surface area contributed by atoms with Gasteiger partial charge < -0.3 is 4.74 Å². The normalized spacial score (nSPS) is 11.9. The summed E-state index contributed by atoms with van der Waals surface area (Å²) in [6.07, 6.45) is 0.693. The SMILES string of the molecule is COc1ccc(C)cc1CC(C)C(=O)c1ccccc1. The van der Waals surface area contributed by atoms with Gasteiger partial charge in [0, 0.05) is 11.5 Å². The molecule has 2 aromatic carbocycles. The number of ether oxygens (including phenoxy) is 1. The first kappa shape index (κ1) is 14.3. The first-order valence-electron chi connectivity index (χ1n) is 6.84. The highest BCUT2D eigenvalue weighted by molar-refractivity contribution is 5.97. The lowest BCUT2D eigenvalue weighted by molar-refractivity contribution is 0.0929. The largest absolute Gasteiger partial charge is 0.496 e. The first-order valence-corrected chi connectivity index (χ1v) is 6.84. The molecule has 0 bridgehead atoms. The van der Waals surface area contributed by atoms with Crippen LogP contribution in [0.2, 0.25) is 0 Å². The van der Waals surface area contributed by atoms with Gasteiger partial charge in [-0.05, 0) is 25.0 Å². The van der Waals surface area contributed by atoms with Crippen molar-refractivity contribution in [1.82, 2.24) is 0 Å². The van der Waals surface area contributed by atoms with Gasteiger partial charge in [0.1, 0.15) is 5.75 Å². The van der Waals surface area contributed by atoms with Crippen molar-refractivity contribution in [1.29, 1.82) is 0 Å². The Hall–Kier alpha value is -2.09. The minimum atomic E-state index is -0.0619. The standard InChI is InChI=1S/C18H20O2/c1-13-9-10-17(20-3)16(11-13)12-14(2)18(19)15-7-5-4-6-8-15/h4-11,14H,12H2,1-3H3. The number of ketones is 1. The molecule has 0 spiro atoms. The smallest absolute Gasteiger partial charge is 0.165 e. The average Bonchev–Trinajstić information content (AvgIpc) is 2.47. The zero-order valence-corrected chi connectivity index (χ0v) is 12.2. The molecule has 104 valence electrons. The van der Waals surface area contributed by atoms with Crippen LogP contribution in [-0.2, 0) is 6.42 Å². The third-order valence-electron chi connectivity index (χ3n) is 3.47. The Kier molecular flexibility index (Phi) is 4.57. The summed E-state index contributed by atoms with van der Waals surface area (Å²) in [6.45, 7) is 4.02. The number of carbonyl (C=O) groups excluding carboxylic acids is 1.